The molecule has 4 fully saturated rings. The molecule has 6 rings (SSSR count). The van der Waals surface area contributed by atoms with Crippen LogP contribution in [-0.2, 0) is 11.2 Å². The van der Waals surface area contributed by atoms with Gasteiger partial charge in [-0.2, -0.15) is 0 Å². The summed E-state index contributed by atoms with van der Waals surface area (Å²) in [6.07, 6.45) is 10.8. The van der Waals surface area contributed by atoms with Gasteiger partial charge in [0.15, 0.2) is 5.78 Å². The average molecular weight is 278 g/mol. The zero-order valence-corrected chi connectivity index (χ0v) is 12.5. The fourth-order valence-electron chi connectivity index (χ4n) is 6.16. The fourth-order valence-corrected chi connectivity index (χ4v) is 6.16. The van der Waals surface area contributed by atoms with Crippen LogP contribution in [0.5, 0.6) is 0 Å². The van der Waals surface area contributed by atoms with Crippen molar-refractivity contribution in [2.45, 2.75) is 44.9 Å². The molecule has 4 bridgehead atoms. The van der Waals surface area contributed by atoms with Crippen LogP contribution in [0.4, 0.5) is 0 Å². The van der Waals surface area contributed by atoms with Gasteiger partial charge in [-0.1, -0.05) is 24.3 Å². The van der Waals surface area contributed by atoms with Crippen LogP contribution in [0.1, 0.15) is 49.7 Å². The minimum absolute atomic E-state index is 0.0304. The van der Waals surface area contributed by atoms with Crippen molar-refractivity contribution in [1.29, 1.82) is 0 Å². The second-order valence-electron chi connectivity index (χ2n) is 8.07. The van der Waals surface area contributed by atoms with Crippen molar-refractivity contribution in [2.75, 3.05) is 0 Å². The Bertz CT molecular complexity index is 616. The fraction of sp³-hybridized carbons (Fsp3) is 0.550. The molecule has 0 unspecified atom stereocenters. The highest BCUT2D eigenvalue weighted by Gasteiger charge is 2.54. The minimum atomic E-state index is 0.0304. The van der Waals surface area contributed by atoms with Crippen LogP contribution in [0.15, 0.2) is 29.8 Å². The van der Waals surface area contributed by atoms with E-state index in [0.29, 0.717) is 5.78 Å². The van der Waals surface area contributed by atoms with Crippen LogP contribution in [0.2, 0.25) is 0 Å². The smallest absolute Gasteiger partial charge is 0.165 e. The zero-order chi connectivity index (χ0) is 14.0. The summed E-state index contributed by atoms with van der Waals surface area (Å²) in [4.78, 5) is 13.3. The minimum Gasteiger partial charge on any atom is -0.294 e. The molecule has 1 heteroatoms. The summed E-state index contributed by atoms with van der Waals surface area (Å²) in [6.45, 7) is 0. The Morgan fingerprint density at radius 3 is 2.19 bits per heavy atom. The van der Waals surface area contributed by atoms with E-state index in [0.717, 1.165) is 29.7 Å². The molecule has 5 aliphatic rings. The number of hydrogen-bond acceptors (Lipinski definition) is 1. The number of fused-ring (bicyclic) bond motifs is 1. The molecule has 0 spiro atoms. The molecule has 0 amide bonds. The van der Waals surface area contributed by atoms with Crippen molar-refractivity contribution in [3.05, 3.63) is 41.0 Å². The third-order valence-corrected chi connectivity index (χ3v) is 6.58. The van der Waals surface area contributed by atoms with E-state index in [1.54, 1.807) is 0 Å². The molecule has 4 saturated carbocycles. The first-order chi connectivity index (χ1) is 10.2. The molecule has 1 nitrogen and oxygen atoms in total. The molecule has 1 aromatic carbocycles. The first-order valence-electron chi connectivity index (χ1n) is 8.55. The number of allylic oxidation sites excluding steroid dienone is 1. The first kappa shape index (κ1) is 12.2. The summed E-state index contributed by atoms with van der Waals surface area (Å²) in [5.74, 6) is 3.07. The maximum absolute atomic E-state index is 13.3. The number of Topliss-reactive ketones (excluding diaryl/α,β-unsaturated/α-hetero) is 1. The lowest BCUT2D eigenvalue weighted by Crippen LogP contribution is -2.50. The number of ketones is 1. The Kier molecular flexibility index (Phi) is 2.38. The van der Waals surface area contributed by atoms with E-state index in [-0.39, 0.29) is 5.41 Å². The summed E-state index contributed by atoms with van der Waals surface area (Å²) in [5.41, 5.74) is 3.73. The maximum atomic E-state index is 13.3. The number of rotatable bonds is 2. The number of carbonyl (C=O) groups excluding carboxylic acids is 1. The van der Waals surface area contributed by atoms with Crippen LogP contribution >= 0.6 is 0 Å². The lowest BCUT2D eigenvalue weighted by atomic mass is 9.48. The first-order valence-corrected chi connectivity index (χ1v) is 8.55. The number of carbonyl (C=O) groups is 1. The molecule has 0 heterocycles. The highest BCUT2D eigenvalue weighted by molar-refractivity contribution is 6.05. The molecule has 0 saturated heterocycles. The summed E-state index contributed by atoms with van der Waals surface area (Å²) >= 11 is 0. The quantitative estimate of drug-likeness (QED) is 0.783. The van der Waals surface area contributed by atoms with Crippen LogP contribution in [0.25, 0.3) is 6.08 Å². The topological polar surface area (TPSA) is 17.1 Å². The van der Waals surface area contributed by atoms with Gasteiger partial charge in [0.25, 0.3) is 0 Å². The molecule has 0 aliphatic heterocycles. The molecule has 0 radical (unpaired) electrons. The van der Waals surface area contributed by atoms with Gasteiger partial charge < -0.3 is 0 Å². The predicted molar refractivity (Wildman–Crippen MR) is 83.7 cm³/mol. The predicted octanol–water partition coefficient (Wildman–Crippen LogP) is 4.41. The van der Waals surface area contributed by atoms with Gasteiger partial charge >= 0.3 is 0 Å². The van der Waals surface area contributed by atoms with E-state index in [4.69, 9.17) is 0 Å². The van der Waals surface area contributed by atoms with E-state index < -0.39 is 0 Å². The molecule has 0 N–H and O–H groups in total. The molecule has 0 atom stereocenters. The van der Waals surface area contributed by atoms with E-state index in [1.165, 1.54) is 49.7 Å². The maximum Gasteiger partial charge on any atom is 0.165 e. The van der Waals surface area contributed by atoms with Gasteiger partial charge in [0.05, 0.1) is 0 Å². The summed E-state index contributed by atoms with van der Waals surface area (Å²) in [7, 11) is 0. The van der Waals surface area contributed by atoms with Gasteiger partial charge in [-0.25, -0.2) is 0 Å². The second-order valence-corrected chi connectivity index (χ2v) is 8.07. The lowest BCUT2D eigenvalue weighted by molar-refractivity contribution is -0.139. The summed E-state index contributed by atoms with van der Waals surface area (Å²) < 4.78 is 0. The van der Waals surface area contributed by atoms with Gasteiger partial charge in [-0.3, -0.25) is 4.79 Å². The molecule has 1 aromatic rings. The van der Waals surface area contributed by atoms with Crippen molar-refractivity contribution in [2.24, 2.45) is 23.2 Å². The van der Waals surface area contributed by atoms with Gasteiger partial charge in [0, 0.05) is 17.4 Å². The lowest BCUT2D eigenvalue weighted by Gasteiger charge is -2.56. The SMILES string of the molecule is O=C(C1=Cc2ccccc2C1)C12CC3CC(CC(C3)C1)C2. The van der Waals surface area contributed by atoms with Crippen LogP contribution in [0, 0.1) is 23.2 Å². The third-order valence-electron chi connectivity index (χ3n) is 6.58. The van der Waals surface area contributed by atoms with Crippen molar-refractivity contribution >= 4 is 11.9 Å². The van der Waals surface area contributed by atoms with Gasteiger partial charge in [-0.15, -0.1) is 0 Å². The molecular weight excluding hydrogens is 256 g/mol. The average Bonchev–Trinajstić information content (AvgIpc) is 2.88. The highest BCUT2D eigenvalue weighted by atomic mass is 16.1. The summed E-state index contributed by atoms with van der Waals surface area (Å²) in [5, 5.41) is 0. The van der Waals surface area contributed by atoms with E-state index in [9.17, 15) is 4.79 Å². The number of hydrogen-bond donors (Lipinski definition) is 0. The van der Waals surface area contributed by atoms with Gasteiger partial charge in [-0.05, 0) is 73.5 Å². The summed E-state index contributed by atoms with van der Waals surface area (Å²) in [6, 6.07) is 8.49. The Hall–Kier alpha value is -1.37. The van der Waals surface area contributed by atoms with Crippen LogP contribution in [0.3, 0.4) is 0 Å². The second kappa shape index (κ2) is 4.09. The largest absolute Gasteiger partial charge is 0.294 e. The van der Waals surface area contributed by atoms with Crippen LogP contribution in [-0.4, -0.2) is 5.78 Å². The number of benzene rings is 1. The monoisotopic (exact) mass is 278 g/mol. The highest BCUT2D eigenvalue weighted by Crippen LogP contribution is 2.61. The Morgan fingerprint density at radius 2 is 1.57 bits per heavy atom. The van der Waals surface area contributed by atoms with Gasteiger partial charge in [0.1, 0.15) is 0 Å². The molecule has 0 aromatic heterocycles. The zero-order valence-electron chi connectivity index (χ0n) is 12.5. The van der Waals surface area contributed by atoms with Gasteiger partial charge in [0.2, 0.25) is 0 Å². The molecule has 21 heavy (non-hydrogen) atoms. The van der Waals surface area contributed by atoms with Crippen molar-refractivity contribution in [1.82, 2.24) is 0 Å². The van der Waals surface area contributed by atoms with Crippen molar-refractivity contribution in [3.8, 4) is 0 Å². The van der Waals surface area contributed by atoms with Crippen molar-refractivity contribution in [3.63, 3.8) is 0 Å². The van der Waals surface area contributed by atoms with E-state index in [1.807, 2.05) is 0 Å². The molecule has 5 aliphatic carbocycles. The third kappa shape index (κ3) is 1.73. The van der Waals surface area contributed by atoms with Crippen molar-refractivity contribution < 1.29 is 4.79 Å². The standard InChI is InChI=1S/C20H22O/c21-19(18-8-16-3-1-2-4-17(16)9-18)20-10-13-5-14(11-20)7-15(6-13)12-20/h1-4,8,13-15H,5-7,9-12H2. The van der Waals surface area contributed by atoms with E-state index >= 15 is 0 Å². The molecule has 108 valence electrons. The van der Waals surface area contributed by atoms with Crippen LogP contribution < -0.4 is 0 Å². The molecular formula is C20H22O. The Labute approximate surface area is 126 Å². The van der Waals surface area contributed by atoms with E-state index in [2.05, 4.69) is 30.3 Å². The Morgan fingerprint density at radius 1 is 0.952 bits per heavy atom. The Balaban J connectivity index is 1.48. The normalized spacial score (nSPS) is 39.2.